The molecule has 0 aromatic heterocycles. The molecule has 0 bridgehead atoms. The molecule has 19 heavy (non-hydrogen) atoms. The molecule has 1 aliphatic heterocycles. The van der Waals surface area contributed by atoms with Gasteiger partial charge in [-0.3, -0.25) is 9.79 Å². The van der Waals surface area contributed by atoms with Gasteiger partial charge in [-0.05, 0) is 32.6 Å². The van der Waals surface area contributed by atoms with Crippen LogP contribution >= 0.6 is 0 Å². The summed E-state index contributed by atoms with van der Waals surface area (Å²) in [5.41, 5.74) is 0. The van der Waals surface area contributed by atoms with Crippen molar-refractivity contribution in [3.05, 3.63) is 0 Å². The average molecular weight is 266 g/mol. The summed E-state index contributed by atoms with van der Waals surface area (Å²) in [5, 5.41) is 6.94. The molecule has 5 heteroatoms. The summed E-state index contributed by atoms with van der Waals surface area (Å²) in [6.07, 6.45) is 5.42. The van der Waals surface area contributed by atoms with Gasteiger partial charge in [-0.25, -0.2) is 0 Å². The van der Waals surface area contributed by atoms with Crippen LogP contribution in [0, 0.1) is 0 Å². The molecular formula is C14H26N4O. The first kappa shape index (κ1) is 14.2. The van der Waals surface area contributed by atoms with Gasteiger partial charge in [0.05, 0.1) is 0 Å². The Labute approximate surface area is 115 Å². The Hall–Kier alpha value is -1.26. The number of hydrogen-bond acceptors (Lipinski definition) is 2. The second kappa shape index (κ2) is 6.78. The molecule has 108 valence electrons. The van der Waals surface area contributed by atoms with Gasteiger partial charge in [0, 0.05) is 38.1 Å². The predicted molar refractivity (Wildman–Crippen MR) is 77.2 cm³/mol. The number of rotatable bonds is 4. The first-order valence-electron chi connectivity index (χ1n) is 7.58. The van der Waals surface area contributed by atoms with E-state index in [-0.39, 0.29) is 5.91 Å². The van der Waals surface area contributed by atoms with Gasteiger partial charge in [0.25, 0.3) is 0 Å². The summed E-state index contributed by atoms with van der Waals surface area (Å²) in [7, 11) is 0. The van der Waals surface area contributed by atoms with Crippen molar-refractivity contribution in [2.75, 3.05) is 19.6 Å². The highest BCUT2D eigenvalue weighted by atomic mass is 16.2. The van der Waals surface area contributed by atoms with E-state index >= 15 is 0 Å². The van der Waals surface area contributed by atoms with E-state index in [1.807, 2.05) is 18.7 Å². The molecule has 2 fully saturated rings. The molecule has 2 rings (SSSR count). The summed E-state index contributed by atoms with van der Waals surface area (Å²) in [6.45, 7) is 6.43. The summed E-state index contributed by atoms with van der Waals surface area (Å²) in [6, 6.07) is 0.931. The second-order valence-electron chi connectivity index (χ2n) is 5.42. The lowest BCUT2D eigenvalue weighted by Crippen LogP contribution is -2.50. The molecule has 2 N–H and O–H groups in total. The molecule has 1 atom stereocenters. The van der Waals surface area contributed by atoms with Crippen molar-refractivity contribution in [3.8, 4) is 0 Å². The standard InChI is InChI=1S/C14H26N4O/c1-3-13(19)18-9-8-12(10-18)17-14(15-4-2)16-11-6-5-7-11/h11-12H,3-10H2,1-2H3,(H2,15,16,17). The Morgan fingerprint density at radius 3 is 2.53 bits per heavy atom. The van der Waals surface area contributed by atoms with Crippen LogP contribution in [-0.2, 0) is 4.79 Å². The molecule has 2 aliphatic rings. The number of guanidine groups is 1. The lowest BCUT2D eigenvalue weighted by Gasteiger charge is -2.29. The number of carbonyl (C=O) groups excluding carboxylic acids is 1. The van der Waals surface area contributed by atoms with Crippen molar-refractivity contribution in [1.29, 1.82) is 0 Å². The fraction of sp³-hybridized carbons (Fsp3) is 0.857. The largest absolute Gasteiger partial charge is 0.354 e. The summed E-state index contributed by atoms with van der Waals surface area (Å²) >= 11 is 0. The quantitative estimate of drug-likeness (QED) is 0.592. The van der Waals surface area contributed by atoms with E-state index in [1.165, 1.54) is 19.3 Å². The number of amides is 1. The Kier molecular flexibility index (Phi) is 5.05. The maximum Gasteiger partial charge on any atom is 0.222 e. The molecule has 1 saturated heterocycles. The Bertz CT molecular complexity index is 338. The van der Waals surface area contributed by atoms with Gasteiger partial charge in [0.1, 0.15) is 0 Å². The highest BCUT2D eigenvalue weighted by Crippen LogP contribution is 2.18. The maximum absolute atomic E-state index is 11.7. The van der Waals surface area contributed by atoms with E-state index in [1.54, 1.807) is 0 Å². The summed E-state index contributed by atoms with van der Waals surface area (Å²) in [5.74, 6) is 1.17. The molecule has 1 unspecified atom stereocenters. The van der Waals surface area contributed by atoms with Crippen LogP contribution in [-0.4, -0.2) is 48.5 Å². The number of likely N-dealkylation sites (tertiary alicyclic amines) is 1. The zero-order valence-corrected chi connectivity index (χ0v) is 12.1. The molecule has 5 nitrogen and oxygen atoms in total. The molecular weight excluding hydrogens is 240 g/mol. The van der Waals surface area contributed by atoms with Crippen molar-refractivity contribution in [2.24, 2.45) is 4.99 Å². The Balaban J connectivity index is 1.81. The highest BCUT2D eigenvalue weighted by Gasteiger charge is 2.26. The monoisotopic (exact) mass is 266 g/mol. The van der Waals surface area contributed by atoms with Crippen molar-refractivity contribution >= 4 is 11.9 Å². The summed E-state index contributed by atoms with van der Waals surface area (Å²) in [4.78, 5) is 18.1. The average Bonchev–Trinajstić information content (AvgIpc) is 2.81. The van der Waals surface area contributed by atoms with Crippen molar-refractivity contribution in [1.82, 2.24) is 15.5 Å². The third-order valence-corrected chi connectivity index (χ3v) is 3.95. The lowest BCUT2D eigenvalue weighted by atomic mass is 9.93. The van der Waals surface area contributed by atoms with E-state index in [2.05, 4.69) is 15.6 Å². The zero-order valence-electron chi connectivity index (χ0n) is 12.1. The van der Waals surface area contributed by atoms with Crippen LogP contribution in [0.25, 0.3) is 0 Å². The highest BCUT2D eigenvalue weighted by molar-refractivity contribution is 5.81. The molecule has 1 saturated carbocycles. The Morgan fingerprint density at radius 2 is 1.95 bits per heavy atom. The third kappa shape index (κ3) is 3.85. The summed E-state index contributed by atoms with van der Waals surface area (Å²) < 4.78 is 0. The van der Waals surface area contributed by atoms with Crippen LogP contribution in [0.1, 0.15) is 46.0 Å². The topological polar surface area (TPSA) is 56.7 Å². The van der Waals surface area contributed by atoms with Gasteiger partial charge in [-0.2, -0.15) is 0 Å². The van der Waals surface area contributed by atoms with E-state index < -0.39 is 0 Å². The molecule has 0 spiro atoms. The second-order valence-corrected chi connectivity index (χ2v) is 5.42. The molecule has 1 amide bonds. The number of nitrogens with zero attached hydrogens (tertiary/aromatic N) is 2. The number of hydrogen-bond donors (Lipinski definition) is 2. The predicted octanol–water partition coefficient (Wildman–Crippen LogP) is 1.10. The van der Waals surface area contributed by atoms with Crippen molar-refractivity contribution in [2.45, 2.75) is 58.0 Å². The smallest absolute Gasteiger partial charge is 0.222 e. The van der Waals surface area contributed by atoms with Crippen molar-refractivity contribution < 1.29 is 4.79 Å². The minimum absolute atomic E-state index is 0.255. The molecule has 0 aromatic rings. The minimum atomic E-state index is 0.255. The zero-order chi connectivity index (χ0) is 13.7. The molecule has 0 aromatic carbocycles. The van der Waals surface area contributed by atoms with Crippen LogP contribution in [0.15, 0.2) is 4.99 Å². The fourth-order valence-corrected chi connectivity index (χ4v) is 2.56. The molecule has 1 heterocycles. The van der Waals surface area contributed by atoms with Gasteiger partial charge in [-0.1, -0.05) is 6.92 Å². The van der Waals surface area contributed by atoms with E-state index in [9.17, 15) is 4.79 Å². The number of aliphatic imine (C=N–C) groups is 1. The van der Waals surface area contributed by atoms with Gasteiger partial charge >= 0.3 is 0 Å². The van der Waals surface area contributed by atoms with Gasteiger partial charge in [0.15, 0.2) is 5.96 Å². The first-order chi connectivity index (χ1) is 9.22. The Morgan fingerprint density at radius 1 is 1.21 bits per heavy atom. The maximum atomic E-state index is 11.7. The first-order valence-corrected chi connectivity index (χ1v) is 7.58. The SMILES string of the molecule is CCN=C(NC1CCC1)NC1CCN(C(=O)CC)C1. The number of nitrogens with one attached hydrogen (secondary N) is 2. The van der Waals surface area contributed by atoms with Crippen LogP contribution in [0.2, 0.25) is 0 Å². The van der Waals surface area contributed by atoms with Crippen LogP contribution in [0.5, 0.6) is 0 Å². The van der Waals surface area contributed by atoms with Crippen LogP contribution in [0.4, 0.5) is 0 Å². The van der Waals surface area contributed by atoms with Crippen molar-refractivity contribution in [3.63, 3.8) is 0 Å². The number of carbonyl (C=O) groups is 1. The molecule has 0 radical (unpaired) electrons. The lowest BCUT2D eigenvalue weighted by molar-refractivity contribution is -0.129. The van der Waals surface area contributed by atoms with Crippen LogP contribution < -0.4 is 10.6 Å². The molecule has 1 aliphatic carbocycles. The minimum Gasteiger partial charge on any atom is -0.354 e. The third-order valence-electron chi connectivity index (χ3n) is 3.95. The van der Waals surface area contributed by atoms with Gasteiger partial charge in [-0.15, -0.1) is 0 Å². The normalized spacial score (nSPS) is 24.2. The van der Waals surface area contributed by atoms with E-state index in [4.69, 9.17) is 0 Å². The van der Waals surface area contributed by atoms with E-state index in [0.29, 0.717) is 18.5 Å². The fourth-order valence-electron chi connectivity index (χ4n) is 2.56. The van der Waals surface area contributed by atoms with Crippen LogP contribution in [0.3, 0.4) is 0 Å². The van der Waals surface area contributed by atoms with Gasteiger partial charge < -0.3 is 15.5 Å². The van der Waals surface area contributed by atoms with Gasteiger partial charge in [0.2, 0.25) is 5.91 Å². The van der Waals surface area contributed by atoms with E-state index in [0.717, 1.165) is 32.0 Å².